The summed E-state index contributed by atoms with van der Waals surface area (Å²) in [5, 5.41) is 0. The second-order valence-corrected chi connectivity index (χ2v) is 5.13. The highest BCUT2D eigenvalue weighted by atomic mass is 16.4. The number of fused-ring (bicyclic) bond motifs is 2. The fourth-order valence-corrected chi connectivity index (χ4v) is 2.61. The molecule has 0 bridgehead atoms. The average Bonchev–Trinajstić information content (AvgIpc) is 3.05. The SMILES string of the molecule is O=C(c1ccccc1)c1cc2c(o1)C(=O)c1ccncc1C2=O. The van der Waals surface area contributed by atoms with Gasteiger partial charge in [-0.05, 0) is 12.1 Å². The van der Waals surface area contributed by atoms with Crippen LogP contribution in [-0.4, -0.2) is 22.3 Å². The first kappa shape index (κ1) is 13.3. The Balaban J connectivity index is 1.83. The third-order valence-electron chi connectivity index (χ3n) is 3.75. The summed E-state index contributed by atoms with van der Waals surface area (Å²) in [5.74, 6) is -1.26. The van der Waals surface area contributed by atoms with Gasteiger partial charge in [0, 0.05) is 23.5 Å². The number of ketones is 3. The van der Waals surface area contributed by atoms with Crippen molar-refractivity contribution in [3.63, 3.8) is 0 Å². The summed E-state index contributed by atoms with van der Waals surface area (Å²) in [6.45, 7) is 0. The van der Waals surface area contributed by atoms with Crippen molar-refractivity contribution in [1.82, 2.24) is 4.98 Å². The Bertz CT molecular complexity index is 917. The quantitative estimate of drug-likeness (QED) is 0.532. The second kappa shape index (κ2) is 4.84. The van der Waals surface area contributed by atoms with Crippen molar-refractivity contribution in [2.45, 2.75) is 0 Å². The van der Waals surface area contributed by atoms with E-state index >= 15 is 0 Å². The zero-order valence-electron chi connectivity index (χ0n) is 11.8. The Morgan fingerprint density at radius 1 is 0.913 bits per heavy atom. The average molecular weight is 303 g/mol. The van der Waals surface area contributed by atoms with Crippen LogP contribution < -0.4 is 0 Å². The van der Waals surface area contributed by atoms with Crippen molar-refractivity contribution in [2.24, 2.45) is 0 Å². The van der Waals surface area contributed by atoms with Gasteiger partial charge in [-0.3, -0.25) is 19.4 Å². The lowest BCUT2D eigenvalue weighted by molar-refractivity contribution is 0.0951. The number of pyridine rings is 1. The Morgan fingerprint density at radius 3 is 2.48 bits per heavy atom. The number of nitrogens with zero attached hydrogens (tertiary/aromatic N) is 1. The van der Waals surface area contributed by atoms with E-state index in [1.807, 2.05) is 0 Å². The van der Waals surface area contributed by atoms with Crippen molar-refractivity contribution in [1.29, 1.82) is 0 Å². The van der Waals surface area contributed by atoms with Crippen molar-refractivity contribution in [3.05, 3.63) is 88.6 Å². The molecule has 0 unspecified atom stereocenters. The third kappa shape index (κ3) is 1.94. The van der Waals surface area contributed by atoms with E-state index in [1.165, 1.54) is 24.5 Å². The number of rotatable bonds is 2. The van der Waals surface area contributed by atoms with Gasteiger partial charge in [-0.2, -0.15) is 0 Å². The summed E-state index contributed by atoms with van der Waals surface area (Å²) < 4.78 is 5.42. The van der Waals surface area contributed by atoms with E-state index in [2.05, 4.69) is 4.98 Å². The fourth-order valence-electron chi connectivity index (χ4n) is 2.61. The summed E-state index contributed by atoms with van der Waals surface area (Å²) in [5.41, 5.74) is 1.00. The molecule has 4 rings (SSSR count). The van der Waals surface area contributed by atoms with Gasteiger partial charge in [-0.1, -0.05) is 30.3 Å². The first-order valence-electron chi connectivity index (χ1n) is 6.94. The minimum Gasteiger partial charge on any atom is -0.448 e. The Hall–Kier alpha value is -3.34. The van der Waals surface area contributed by atoms with Crippen molar-refractivity contribution in [3.8, 4) is 0 Å². The van der Waals surface area contributed by atoms with Crippen LogP contribution in [0.3, 0.4) is 0 Å². The number of hydrogen-bond acceptors (Lipinski definition) is 5. The van der Waals surface area contributed by atoms with Crippen LogP contribution in [0, 0.1) is 0 Å². The van der Waals surface area contributed by atoms with Gasteiger partial charge in [0.1, 0.15) is 0 Å². The van der Waals surface area contributed by atoms with E-state index in [0.717, 1.165) is 0 Å². The third-order valence-corrected chi connectivity index (χ3v) is 3.75. The molecule has 0 aliphatic heterocycles. The van der Waals surface area contributed by atoms with Crippen LogP contribution in [-0.2, 0) is 0 Å². The molecule has 2 aromatic heterocycles. The molecule has 5 heteroatoms. The Kier molecular flexibility index (Phi) is 2.81. The molecule has 23 heavy (non-hydrogen) atoms. The molecule has 0 radical (unpaired) electrons. The highest BCUT2D eigenvalue weighted by molar-refractivity contribution is 6.28. The zero-order valence-corrected chi connectivity index (χ0v) is 11.8. The number of aromatic nitrogens is 1. The zero-order chi connectivity index (χ0) is 16.0. The molecule has 1 aliphatic rings. The van der Waals surface area contributed by atoms with Crippen LogP contribution in [0.15, 0.2) is 59.3 Å². The van der Waals surface area contributed by atoms with Gasteiger partial charge in [0.25, 0.3) is 0 Å². The molecule has 110 valence electrons. The molecule has 1 aromatic carbocycles. The van der Waals surface area contributed by atoms with Gasteiger partial charge < -0.3 is 4.42 Å². The van der Waals surface area contributed by atoms with Crippen LogP contribution in [0.2, 0.25) is 0 Å². The topological polar surface area (TPSA) is 77.2 Å². The molecule has 3 aromatic rings. The van der Waals surface area contributed by atoms with Gasteiger partial charge in [0.15, 0.2) is 17.3 Å². The molecule has 0 saturated heterocycles. The Morgan fingerprint density at radius 2 is 1.70 bits per heavy atom. The molecule has 0 saturated carbocycles. The highest BCUT2D eigenvalue weighted by Gasteiger charge is 2.34. The predicted octanol–water partition coefficient (Wildman–Crippen LogP) is 2.68. The lowest BCUT2D eigenvalue weighted by atomic mass is 9.90. The molecule has 0 N–H and O–H groups in total. The van der Waals surface area contributed by atoms with Gasteiger partial charge >= 0.3 is 0 Å². The molecule has 0 fully saturated rings. The van der Waals surface area contributed by atoms with Gasteiger partial charge in [-0.25, -0.2) is 0 Å². The maximum Gasteiger partial charge on any atom is 0.229 e. The summed E-state index contributed by atoms with van der Waals surface area (Å²) in [7, 11) is 0. The maximum atomic E-state index is 12.5. The summed E-state index contributed by atoms with van der Waals surface area (Å²) >= 11 is 0. The van der Waals surface area contributed by atoms with Crippen LogP contribution in [0.4, 0.5) is 0 Å². The standard InChI is InChI=1S/C18H9NO4/c20-15(10-4-2-1-3-5-10)14-8-12-16(21)13-9-19-7-6-11(13)17(22)18(12)23-14/h1-9H. The van der Waals surface area contributed by atoms with Crippen LogP contribution in [0.25, 0.3) is 0 Å². The number of carbonyl (C=O) groups is 3. The fraction of sp³-hybridized carbons (Fsp3) is 0. The maximum absolute atomic E-state index is 12.5. The molecular formula is C18H9NO4. The van der Waals surface area contributed by atoms with Crippen molar-refractivity contribution < 1.29 is 18.8 Å². The number of furan rings is 1. The number of carbonyl (C=O) groups excluding carboxylic acids is 3. The van der Waals surface area contributed by atoms with E-state index in [1.54, 1.807) is 30.3 Å². The van der Waals surface area contributed by atoms with Crippen molar-refractivity contribution >= 4 is 17.3 Å². The van der Waals surface area contributed by atoms with Crippen LogP contribution >= 0.6 is 0 Å². The number of benzene rings is 1. The van der Waals surface area contributed by atoms with E-state index < -0.39 is 5.78 Å². The lowest BCUT2D eigenvalue weighted by Gasteiger charge is -2.11. The minimum atomic E-state index is -0.413. The molecule has 1 aliphatic carbocycles. The Labute approximate surface area is 130 Å². The molecular weight excluding hydrogens is 294 g/mol. The van der Waals surface area contributed by atoms with E-state index in [-0.39, 0.29) is 39.8 Å². The summed E-state index contributed by atoms with van der Waals surface area (Å²) in [4.78, 5) is 41.2. The highest BCUT2D eigenvalue weighted by Crippen LogP contribution is 2.29. The monoisotopic (exact) mass is 303 g/mol. The second-order valence-electron chi connectivity index (χ2n) is 5.13. The van der Waals surface area contributed by atoms with E-state index in [0.29, 0.717) is 5.56 Å². The first-order chi connectivity index (χ1) is 11.2. The van der Waals surface area contributed by atoms with E-state index in [9.17, 15) is 14.4 Å². The molecule has 0 atom stereocenters. The molecule has 5 nitrogen and oxygen atoms in total. The van der Waals surface area contributed by atoms with Crippen LogP contribution in [0.1, 0.15) is 48.2 Å². The lowest BCUT2D eigenvalue weighted by Crippen LogP contribution is -2.19. The normalized spacial score (nSPS) is 12.7. The van der Waals surface area contributed by atoms with Crippen molar-refractivity contribution in [2.75, 3.05) is 0 Å². The van der Waals surface area contributed by atoms with Gasteiger partial charge in [0.2, 0.25) is 11.6 Å². The van der Waals surface area contributed by atoms with Gasteiger partial charge in [0.05, 0.1) is 11.1 Å². The largest absolute Gasteiger partial charge is 0.448 e. The first-order valence-corrected chi connectivity index (χ1v) is 6.94. The summed E-state index contributed by atoms with van der Waals surface area (Å²) in [6, 6.07) is 11.3. The predicted molar refractivity (Wildman–Crippen MR) is 79.7 cm³/mol. The molecule has 0 amide bonds. The smallest absolute Gasteiger partial charge is 0.229 e. The van der Waals surface area contributed by atoms with Gasteiger partial charge in [-0.15, -0.1) is 0 Å². The minimum absolute atomic E-state index is 0.0244. The van der Waals surface area contributed by atoms with Crippen LogP contribution in [0.5, 0.6) is 0 Å². The van der Waals surface area contributed by atoms with E-state index in [4.69, 9.17) is 4.42 Å². The molecule has 0 spiro atoms. The summed E-state index contributed by atoms with van der Waals surface area (Å²) in [6.07, 6.45) is 2.79. The molecule has 2 heterocycles. The number of hydrogen-bond donors (Lipinski definition) is 0.